The molecule has 126 valence electrons. The molecule has 1 atom stereocenters. The molecule has 1 N–H and O–H groups in total. The van der Waals surface area contributed by atoms with Gasteiger partial charge in [-0.25, -0.2) is 4.98 Å². The molecule has 0 bridgehead atoms. The Balaban J connectivity index is 1.71. The molecule has 0 radical (unpaired) electrons. The monoisotopic (exact) mass is 335 g/mol. The van der Waals surface area contributed by atoms with Crippen molar-refractivity contribution in [3.63, 3.8) is 0 Å². The van der Waals surface area contributed by atoms with Crippen molar-refractivity contribution in [2.45, 2.75) is 57.7 Å². The molecule has 0 saturated heterocycles. The van der Waals surface area contributed by atoms with Crippen LogP contribution >= 0.6 is 11.3 Å². The summed E-state index contributed by atoms with van der Waals surface area (Å²) in [5.74, 6) is 0. The summed E-state index contributed by atoms with van der Waals surface area (Å²) in [6.45, 7) is 3.92. The highest BCUT2D eigenvalue weighted by Crippen LogP contribution is 2.22. The van der Waals surface area contributed by atoms with E-state index in [2.05, 4.69) is 9.88 Å². The van der Waals surface area contributed by atoms with Crippen LogP contribution in [-0.4, -0.2) is 44.8 Å². The largest absolute Gasteiger partial charge is 0.392 e. The number of fused-ring (bicyclic) bond motifs is 1. The van der Waals surface area contributed by atoms with Crippen LogP contribution in [0.4, 0.5) is 0 Å². The average Bonchev–Trinajstić information content (AvgIpc) is 3.03. The van der Waals surface area contributed by atoms with E-state index < -0.39 is 0 Å². The number of aliphatic hydroxyl groups excluding tert-OH is 1. The molecule has 0 aromatic carbocycles. The maximum atomic E-state index is 12.5. The van der Waals surface area contributed by atoms with Gasteiger partial charge in [-0.1, -0.05) is 19.3 Å². The third-order valence-electron chi connectivity index (χ3n) is 4.65. The predicted octanol–water partition coefficient (Wildman–Crippen LogP) is 2.47. The van der Waals surface area contributed by atoms with Gasteiger partial charge < -0.3 is 5.11 Å². The zero-order chi connectivity index (χ0) is 16.2. The molecule has 1 aliphatic rings. The molecule has 2 aromatic heterocycles. The van der Waals surface area contributed by atoms with Gasteiger partial charge in [0.05, 0.1) is 17.9 Å². The van der Waals surface area contributed by atoms with E-state index in [1.807, 2.05) is 18.4 Å². The van der Waals surface area contributed by atoms with Gasteiger partial charge >= 0.3 is 0 Å². The molecule has 5 nitrogen and oxygen atoms in total. The molecular formula is C17H25N3O2S. The van der Waals surface area contributed by atoms with Gasteiger partial charge in [0.2, 0.25) is 0 Å². The maximum absolute atomic E-state index is 12.5. The Morgan fingerprint density at radius 3 is 2.96 bits per heavy atom. The van der Waals surface area contributed by atoms with Gasteiger partial charge in [-0.3, -0.25) is 14.3 Å². The molecule has 2 aromatic rings. The Hall–Kier alpha value is -1.24. The molecule has 1 fully saturated rings. The summed E-state index contributed by atoms with van der Waals surface area (Å²) < 4.78 is 2.43. The highest BCUT2D eigenvalue weighted by Gasteiger charge is 2.22. The smallest absolute Gasteiger partial charge is 0.271 e. The molecule has 1 saturated carbocycles. The molecule has 6 heteroatoms. The first kappa shape index (κ1) is 16.6. The van der Waals surface area contributed by atoms with E-state index in [0.717, 1.165) is 16.8 Å². The molecule has 0 spiro atoms. The minimum Gasteiger partial charge on any atom is -0.392 e. The van der Waals surface area contributed by atoms with E-state index in [9.17, 15) is 9.90 Å². The van der Waals surface area contributed by atoms with Crippen molar-refractivity contribution in [1.29, 1.82) is 0 Å². The van der Waals surface area contributed by atoms with Crippen LogP contribution in [0.5, 0.6) is 0 Å². The van der Waals surface area contributed by atoms with Crippen molar-refractivity contribution < 1.29 is 5.11 Å². The summed E-state index contributed by atoms with van der Waals surface area (Å²) in [4.78, 5) is 19.2. The van der Waals surface area contributed by atoms with E-state index in [0.29, 0.717) is 19.1 Å². The first-order valence-electron chi connectivity index (χ1n) is 8.50. The number of aromatic nitrogens is 2. The van der Waals surface area contributed by atoms with Crippen LogP contribution in [-0.2, 0) is 6.54 Å². The summed E-state index contributed by atoms with van der Waals surface area (Å²) >= 11 is 1.45. The van der Waals surface area contributed by atoms with Crippen LogP contribution in [0.15, 0.2) is 22.6 Å². The number of hydrogen-bond donors (Lipinski definition) is 1. The predicted molar refractivity (Wildman–Crippen MR) is 94.0 cm³/mol. The zero-order valence-corrected chi connectivity index (χ0v) is 14.5. The second-order valence-corrected chi connectivity index (χ2v) is 7.43. The minimum absolute atomic E-state index is 0.0469. The summed E-state index contributed by atoms with van der Waals surface area (Å²) in [7, 11) is 0. The third-order valence-corrected chi connectivity index (χ3v) is 5.55. The quantitative estimate of drug-likeness (QED) is 0.881. The first-order valence-corrected chi connectivity index (χ1v) is 9.38. The second-order valence-electron chi connectivity index (χ2n) is 6.51. The van der Waals surface area contributed by atoms with Gasteiger partial charge in [0.15, 0.2) is 0 Å². The Bertz CT molecular complexity index is 688. The average molecular weight is 335 g/mol. The van der Waals surface area contributed by atoms with Gasteiger partial charge in [0.1, 0.15) is 4.70 Å². The summed E-state index contributed by atoms with van der Waals surface area (Å²) in [6.07, 6.45) is 7.56. The molecule has 1 unspecified atom stereocenters. The summed E-state index contributed by atoms with van der Waals surface area (Å²) in [5.41, 5.74) is 0.829. The second kappa shape index (κ2) is 7.55. The van der Waals surface area contributed by atoms with Crippen LogP contribution in [0.2, 0.25) is 0 Å². The molecule has 23 heavy (non-hydrogen) atoms. The van der Waals surface area contributed by atoms with Crippen LogP contribution < -0.4 is 5.56 Å². The van der Waals surface area contributed by atoms with E-state index in [4.69, 9.17) is 0 Å². The Morgan fingerprint density at radius 2 is 2.22 bits per heavy atom. The third kappa shape index (κ3) is 4.00. The fraction of sp³-hybridized carbons (Fsp3) is 0.647. The molecule has 1 aliphatic carbocycles. The highest BCUT2D eigenvalue weighted by atomic mass is 32.1. The maximum Gasteiger partial charge on any atom is 0.271 e. The topological polar surface area (TPSA) is 58.4 Å². The SMILES string of the molecule is CC(O)CN(CCn1cnc2ccsc2c1=O)C1CCCCC1. The highest BCUT2D eigenvalue weighted by molar-refractivity contribution is 7.17. The van der Waals surface area contributed by atoms with Crippen molar-refractivity contribution in [3.05, 3.63) is 28.1 Å². The lowest BCUT2D eigenvalue weighted by Gasteiger charge is -2.35. The standard InChI is InChI=1S/C17H25N3O2S/c1-13(21)11-19(14-5-3-2-4-6-14)8-9-20-12-18-15-7-10-23-16(15)17(20)22/h7,10,12-14,21H,2-6,8-9,11H2,1H3. The lowest BCUT2D eigenvalue weighted by atomic mass is 9.94. The van der Waals surface area contributed by atoms with Gasteiger partial charge in [-0.2, -0.15) is 0 Å². The van der Waals surface area contributed by atoms with Crippen LogP contribution in [0, 0.1) is 0 Å². The number of rotatable bonds is 6. The van der Waals surface area contributed by atoms with Crippen molar-refractivity contribution >= 4 is 21.6 Å². The van der Waals surface area contributed by atoms with Crippen LogP contribution in [0.1, 0.15) is 39.0 Å². The minimum atomic E-state index is -0.341. The molecule has 3 rings (SSSR count). The fourth-order valence-electron chi connectivity index (χ4n) is 3.48. The van der Waals surface area contributed by atoms with Crippen LogP contribution in [0.3, 0.4) is 0 Å². The van der Waals surface area contributed by atoms with E-state index in [1.54, 1.807) is 10.9 Å². The molecule has 0 aliphatic heterocycles. The zero-order valence-electron chi connectivity index (χ0n) is 13.6. The Morgan fingerprint density at radius 1 is 1.43 bits per heavy atom. The van der Waals surface area contributed by atoms with Gasteiger partial charge in [-0.05, 0) is 31.2 Å². The van der Waals surface area contributed by atoms with Gasteiger partial charge in [-0.15, -0.1) is 11.3 Å². The fourth-order valence-corrected chi connectivity index (χ4v) is 4.28. The Kier molecular flexibility index (Phi) is 5.46. The van der Waals surface area contributed by atoms with E-state index in [1.165, 1.54) is 43.4 Å². The number of aliphatic hydroxyl groups is 1. The van der Waals surface area contributed by atoms with E-state index >= 15 is 0 Å². The number of nitrogens with zero attached hydrogens (tertiary/aromatic N) is 3. The lowest BCUT2D eigenvalue weighted by molar-refractivity contribution is 0.0794. The normalized spacial score (nSPS) is 17.9. The van der Waals surface area contributed by atoms with Crippen molar-refractivity contribution in [2.24, 2.45) is 0 Å². The molecule has 2 heterocycles. The Labute approximate surface area is 140 Å². The van der Waals surface area contributed by atoms with Gasteiger partial charge in [0, 0.05) is 25.7 Å². The van der Waals surface area contributed by atoms with Gasteiger partial charge in [0.25, 0.3) is 5.56 Å². The van der Waals surface area contributed by atoms with Crippen molar-refractivity contribution in [2.75, 3.05) is 13.1 Å². The van der Waals surface area contributed by atoms with Crippen molar-refractivity contribution in [3.8, 4) is 0 Å². The van der Waals surface area contributed by atoms with E-state index in [-0.39, 0.29) is 11.7 Å². The molecule has 0 amide bonds. The van der Waals surface area contributed by atoms with Crippen LogP contribution in [0.25, 0.3) is 10.2 Å². The summed E-state index contributed by atoms with van der Waals surface area (Å²) in [5, 5.41) is 11.7. The van der Waals surface area contributed by atoms with Crippen molar-refractivity contribution in [1.82, 2.24) is 14.5 Å². The first-order chi connectivity index (χ1) is 11.1. The molecular weight excluding hydrogens is 310 g/mol. The summed E-state index contributed by atoms with van der Waals surface area (Å²) in [6, 6.07) is 2.42. The number of hydrogen-bond acceptors (Lipinski definition) is 5. The number of thiophene rings is 1. The lowest BCUT2D eigenvalue weighted by Crippen LogP contribution is -2.43.